The number of anilines is 1. The number of amides is 2. The summed E-state index contributed by atoms with van der Waals surface area (Å²) in [4.78, 5) is 33.2. The molecule has 3 unspecified atom stereocenters. The molecule has 0 saturated heterocycles. The minimum Gasteiger partial charge on any atom is -0.349 e. The summed E-state index contributed by atoms with van der Waals surface area (Å²) in [5, 5.41) is 12.5. The number of benzene rings is 1. The Kier molecular flexibility index (Phi) is 5.39. The van der Waals surface area contributed by atoms with Crippen LogP contribution in [0.15, 0.2) is 24.8 Å². The van der Waals surface area contributed by atoms with E-state index in [1.165, 1.54) is 29.2 Å². The highest BCUT2D eigenvalue weighted by Crippen LogP contribution is 2.48. The quantitative estimate of drug-likeness (QED) is 0.282. The summed E-state index contributed by atoms with van der Waals surface area (Å²) in [5.74, 6) is -2.51. The third-order valence-corrected chi connectivity index (χ3v) is 7.69. The number of fused-ring (bicyclic) bond motifs is 2. The first kappa shape index (κ1) is 24.0. The molecule has 4 aromatic rings. The maximum Gasteiger partial charge on any atom is 0.267 e. The second kappa shape index (κ2) is 8.75. The highest BCUT2D eigenvalue weighted by atomic mass is 19.3. The number of hydrogen-bond acceptors (Lipinski definition) is 5. The number of alkyl halides is 3. The standard InChI is InChI=1S/C26H23F4N7O2/c27-14-5-12(14)26(39)34-16-9-37-8-15(31-7-17(37)33-16)18-13-6-32-36-23(13)20(21(28)19(18)24(29)30)22(10-1-2-10)35-25(38)11-3-4-11/h6-12,14,22,24H,1-5H2,(H,32,36)(H,34,39)(H,35,38). The van der Waals surface area contributed by atoms with E-state index in [2.05, 4.69) is 30.8 Å². The van der Waals surface area contributed by atoms with E-state index in [0.717, 1.165) is 25.7 Å². The minimum atomic E-state index is -3.18. The lowest BCUT2D eigenvalue weighted by molar-refractivity contribution is -0.123. The van der Waals surface area contributed by atoms with Gasteiger partial charge in [0.05, 0.1) is 47.3 Å². The van der Waals surface area contributed by atoms with Gasteiger partial charge < -0.3 is 15.0 Å². The van der Waals surface area contributed by atoms with Crippen molar-refractivity contribution in [2.45, 2.75) is 50.7 Å². The highest BCUT2D eigenvalue weighted by Gasteiger charge is 2.44. The van der Waals surface area contributed by atoms with Crippen molar-refractivity contribution in [3.63, 3.8) is 0 Å². The molecule has 9 nitrogen and oxygen atoms in total. The summed E-state index contributed by atoms with van der Waals surface area (Å²) in [6, 6.07) is -0.752. The number of carbonyl (C=O) groups is 2. The van der Waals surface area contributed by atoms with E-state index < -0.39 is 41.8 Å². The largest absolute Gasteiger partial charge is 0.349 e. The zero-order valence-electron chi connectivity index (χ0n) is 20.4. The summed E-state index contributed by atoms with van der Waals surface area (Å²) in [6.07, 6.45) is 4.36. The van der Waals surface area contributed by atoms with Crippen molar-refractivity contribution in [3.8, 4) is 11.3 Å². The van der Waals surface area contributed by atoms with Crippen LogP contribution < -0.4 is 10.6 Å². The molecule has 1 aromatic carbocycles. The van der Waals surface area contributed by atoms with E-state index in [1.807, 2.05) is 0 Å². The van der Waals surface area contributed by atoms with Crippen LogP contribution >= 0.6 is 0 Å². The Bertz CT molecular complexity index is 1640. The molecule has 202 valence electrons. The van der Waals surface area contributed by atoms with Crippen LogP contribution in [0.25, 0.3) is 27.8 Å². The predicted molar refractivity (Wildman–Crippen MR) is 131 cm³/mol. The number of aromatic nitrogens is 5. The average molecular weight is 542 g/mol. The molecule has 0 bridgehead atoms. The third kappa shape index (κ3) is 4.20. The van der Waals surface area contributed by atoms with E-state index in [4.69, 9.17) is 0 Å². The molecule has 3 saturated carbocycles. The average Bonchev–Trinajstić information content (AvgIpc) is 3.82. The molecular weight excluding hydrogens is 518 g/mol. The van der Waals surface area contributed by atoms with Crippen molar-refractivity contribution in [2.75, 3.05) is 5.32 Å². The number of nitrogens with one attached hydrogen (secondary N) is 3. The van der Waals surface area contributed by atoms with E-state index in [0.29, 0.717) is 5.65 Å². The number of carbonyl (C=O) groups excluding carboxylic acids is 2. The van der Waals surface area contributed by atoms with Gasteiger partial charge in [0.25, 0.3) is 6.43 Å². The smallest absolute Gasteiger partial charge is 0.267 e. The van der Waals surface area contributed by atoms with Crippen molar-refractivity contribution in [1.82, 2.24) is 29.9 Å². The van der Waals surface area contributed by atoms with Gasteiger partial charge in [0, 0.05) is 28.6 Å². The number of halogens is 4. The molecule has 7 rings (SSSR count). The molecule has 3 atom stereocenters. The van der Waals surface area contributed by atoms with Crippen molar-refractivity contribution >= 4 is 34.2 Å². The normalized spacial score (nSPS) is 21.5. The number of imidazole rings is 1. The van der Waals surface area contributed by atoms with Crippen molar-refractivity contribution < 1.29 is 27.2 Å². The number of aromatic amines is 1. The fourth-order valence-corrected chi connectivity index (χ4v) is 5.18. The molecule has 3 aliphatic carbocycles. The summed E-state index contributed by atoms with van der Waals surface area (Å²) in [7, 11) is 0. The van der Waals surface area contributed by atoms with Gasteiger partial charge in [0.1, 0.15) is 12.0 Å². The highest BCUT2D eigenvalue weighted by molar-refractivity contribution is 5.98. The van der Waals surface area contributed by atoms with Crippen molar-refractivity contribution in [3.05, 3.63) is 41.7 Å². The van der Waals surface area contributed by atoms with Crippen LogP contribution in [0.4, 0.5) is 23.4 Å². The Morgan fingerprint density at radius 1 is 1.08 bits per heavy atom. The van der Waals surface area contributed by atoms with E-state index in [-0.39, 0.29) is 57.7 Å². The molecule has 3 heterocycles. The molecule has 3 fully saturated rings. The van der Waals surface area contributed by atoms with Crippen LogP contribution in [0.1, 0.15) is 55.7 Å². The van der Waals surface area contributed by atoms with Gasteiger partial charge in [0.15, 0.2) is 11.5 Å². The monoisotopic (exact) mass is 541 g/mol. The molecule has 0 aliphatic heterocycles. The van der Waals surface area contributed by atoms with Gasteiger partial charge in [-0.3, -0.25) is 19.7 Å². The Morgan fingerprint density at radius 3 is 2.51 bits per heavy atom. The van der Waals surface area contributed by atoms with Gasteiger partial charge in [-0.05, 0) is 38.0 Å². The van der Waals surface area contributed by atoms with E-state index in [9.17, 15) is 22.8 Å². The number of nitrogens with zero attached hydrogens (tertiary/aromatic N) is 4. The molecular formula is C26H23F4N7O2. The summed E-state index contributed by atoms with van der Waals surface area (Å²) < 4.78 is 60.0. The second-order valence-electron chi connectivity index (χ2n) is 10.6. The van der Waals surface area contributed by atoms with Crippen LogP contribution in [0.2, 0.25) is 0 Å². The fraction of sp³-hybridized carbons (Fsp3) is 0.423. The molecule has 3 aliphatic rings. The first-order chi connectivity index (χ1) is 18.8. The van der Waals surface area contributed by atoms with Crippen LogP contribution in [0.5, 0.6) is 0 Å². The Hall–Kier alpha value is -4.03. The lowest BCUT2D eigenvalue weighted by atomic mass is 9.91. The van der Waals surface area contributed by atoms with E-state index >= 15 is 4.39 Å². The first-order valence-electron chi connectivity index (χ1n) is 12.9. The van der Waals surface area contributed by atoms with Crippen molar-refractivity contribution in [2.24, 2.45) is 17.8 Å². The first-order valence-corrected chi connectivity index (χ1v) is 12.9. The summed E-state index contributed by atoms with van der Waals surface area (Å²) in [6.45, 7) is 0. The molecule has 3 N–H and O–H groups in total. The molecule has 13 heteroatoms. The summed E-state index contributed by atoms with van der Waals surface area (Å²) >= 11 is 0. The molecule has 0 radical (unpaired) electrons. The predicted octanol–water partition coefficient (Wildman–Crippen LogP) is 4.62. The fourth-order valence-electron chi connectivity index (χ4n) is 5.18. The molecule has 0 spiro atoms. The SMILES string of the molecule is O=C(NC(c1c(F)c(C(F)F)c(-c2cn3cc(NC(=O)C4CC4F)nc3cn2)c2cn[nH]c12)C1CC1)C1CC1. The number of rotatable bonds is 8. The van der Waals surface area contributed by atoms with Crippen LogP contribution in [-0.4, -0.2) is 42.6 Å². The van der Waals surface area contributed by atoms with Gasteiger partial charge in [-0.25, -0.2) is 22.5 Å². The third-order valence-electron chi connectivity index (χ3n) is 7.69. The van der Waals surface area contributed by atoms with E-state index in [1.54, 1.807) is 0 Å². The Balaban J connectivity index is 1.32. The summed E-state index contributed by atoms with van der Waals surface area (Å²) in [5.41, 5.74) is -0.396. The second-order valence-corrected chi connectivity index (χ2v) is 10.6. The molecule has 3 aromatic heterocycles. The number of H-pyrrole nitrogens is 1. The lowest BCUT2D eigenvalue weighted by Gasteiger charge is -2.23. The zero-order chi connectivity index (χ0) is 27.0. The van der Waals surface area contributed by atoms with Crippen LogP contribution in [-0.2, 0) is 9.59 Å². The minimum absolute atomic E-state index is 0.0157. The van der Waals surface area contributed by atoms with Crippen LogP contribution in [0.3, 0.4) is 0 Å². The maximum atomic E-state index is 16.2. The Morgan fingerprint density at radius 2 is 1.85 bits per heavy atom. The van der Waals surface area contributed by atoms with Crippen LogP contribution in [0, 0.1) is 23.6 Å². The van der Waals surface area contributed by atoms with Gasteiger partial charge >= 0.3 is 0 Å². The molecule has 2 amide bonds. The van der Waals surface area contributed by atoms with Gasteiger partial charge in [-0.15, -0.1) is 0 Å². The Labute approximate surface area is 218 Å². The van der Waals surface area contributed by atoms with Gasteiger partial charge in [-0.2, -0.15) is 5.10 Å². The lowest BCUT2D eigenvalue weighted by Crippen LogP contribution is -2.32. The van der Waals surface area contributed by atoms with Gasteiger partial charge in [-0.1, -0.05) is 0 Å². The molecule has 39 heavy (non-hydrogen) atoms. The zero-order valence-corrected chi connectivity index (χ0v) is 20.4. The maximum absolute atomic E-state index is 16.2. The number of hydrogen-bond donors (Lipinski definition) is 3. The topological polar surface area (TPSA) is 117 Å². The van der Waals surface area contributed by atoms with Crippen molar-refractivity contribution in [1.29, 1.82) is 0 Å². The van der Waals surface area contributed by atoms with Gasteiger partial charge in [0.2, 0.25) is 11.8 Å².